The summed E-state index contributed by atoms with van der Waals surface area (Å²) in [6.07, 6.45) is -4.51. The summed E-state index contributed by atoms with van der Waals surface area (Å²) in [5, 5.41) is 3.16. The van der Waals surface area contributed by atoms with Gasteiger partial charge in [-0.15, -0.1) is 0 Å². The third kappa shape index (κ3) is 4.74. The number of ether oxygens (including phenoxy) is 1. The summed E-state index contributed by atoms with van der Waals surface area (Å²) in [6, 6.07) is 6.54. The molecule has 0 unspecified atom stereocenters. The molecule has 2 rings (SSSR count). The lowest BCUT2D eigenvalue weighted by atomic mass is 10.1. The van der Waals surface area contributed by atoms with Crippen molar-refractivity contribution in [3.8, 4) is 5.75 Å². The molecule has 5 N–H and O–H groups in total. The van der Waals surface area contributed by atoms with Crippen molar-refractivity contribution in [1.82, 2.24) is 5.43 Å². The van der Waals surface area contributed by atoms with Crippen molar-refractivity contribution in [1.29, 1.82) is 0 Å². The highest BCUT2D eigenvalue weighted by atomic mass is 35.5. The molecule has 0 atom stereocenters. The molecule has 0 aliphatic heterocycles. The van der Waals surface area contributed by atoms with E-state index in [1.54, 1.807) is 0 Å². The predicted octanol–water partition coefficient (Wildman–Crippen LogP) is 3.16. The Morgan fingerprint density at radius 2 is 1.92 bits per heavy atom. The zero-order valence-corrected chi connectivity index (χ0v) is 13.3. The Morgan fingerprint density at radius 3 is 2.48 bits per heavy atom. The van der Waals surface area contributed by atoms with Crippen LogP contribution in [0.2, 0.25) is 5.02 Å². The molecule has 0 heterocycles. The van der Waals surface area contributed by atoms with E-state index in [1.807, 2.05) is 0 Å². The standard InChI is InChI=1S/C15H13ClF4N4O/c16-12-6-10(15(18,19)20)1-2-13(12)25-7-8-3-9(5-11(17)4-8)14(23-21)24-22/h1-6H,7,21-22H2,(H,23,24). The van der Waals surface area contributed by atoms with Crippen molar-refractivity contribution in [2.24, 2.45) is 16.8 Å². The number of nitrogens with one attached hydrogen (secondary N) is 1. The molecule has 0 fully saturated rings. The number of benzene rings is 2. The van der Waals surface area contributed by atoms with Crippen molar-refractivity contribution in [3.63, 3.8) is 0 Å². The zero-order chi connectivity index (χ0) is 18.6. The molecule has 0 spiro atoms. The largest absolute Gasteiger partial charge is 0.487 e. The lowest BCUT2D eigenvalue weighted by Crippen LogP contribution is -2.32. The first-order chi connectivity index (χ1) is 11.7. The number of hydrogen-bond acceptors (Lipinski definition) is 4. The Labute approximate surface area is 145 Å². The summed E-state index contributed by atoms with van der Waals surface area (Å²) in [5.74, 6) is 9.85. The first-order valence-electron chi connectivity index (χ1n) is 6.78. The van der Waals surface area contributed by atoms with Crippen LogP contribution in [-0.2, 0) is 12.8 Å². The van der Waals surface area contributed by atoms with Crippen molar-refractivity contribution in [2.75, 3.05) is 0 Å². The van der Waals surface area contributed by atoms with Crippen molar-refractivity contribution in [2.45, 2.75) is 12.8 Å². The van der Waals surface area contributed by atoms with Crippen LogP contribution in [0.3, 0.4) is 0 Å². The highest BCUT2D eigenvalue weighted by molar-refractivity contribution is 6.32. The molecule has 0 aliphatic rings. The predicted molar refractivity (Wildman–Crippen MR) is 85.2 cm³/mol. The molecule has 10 heteroatoms. The molecule has 0 aromatic heterocycles. The maximum atomic E-state index is 13.7. The number of amidine groups is 1. The number of alkyl halides is 3. The Morgan fingerprint density at radius 1 is 1.20 bits per heavy atom. The topological polar surface area (TPSA) is 85.7 Å². The van der Waals surface area contributed by atoms with Gasteiger partial charge in [0.25, 0.3) is 0 Å². The van der Waals surface area contributed by atoms with Crippen LogP contribution in [0.4, 0.5) is 17.6 Å². The van der Waals surface area contributed by atoms with E-state index in [1.165, 1.54) is 12.1 Å². The smallest absolute Gasteiger partial charge is 0.416 e. The SMILES string of the molecule is N/N=C(\NN)c1cc(F)cc(COc2ccc(C(F)(F)F)cc2Cl)c1. The van der Waals surface area contributed by atoms with Gasteiger partial charge >= 0.3 is 6.18 Å². The molecule has 0 radical (unpaired) electrons. The van der Waals surface area contributed by atoms with Crippen LogP contribution in [0, 0.1) is 5.82 Å². The van der Waals surface area contributed by atoms with Crippen LogP contribution in [0.5, 0.6) is 5.75 Å². The second kappa shape index (κ2) is 7.58. The maximum Gasteiger partial charge on any atom is 0.416 e. The van der Waals surface area contributed by atoms with Crippen LogP contribution in [0.25, 0.3) is 0 Å². The first kappa shape index (κ1) is 18.8. The summed E-state index contributed by atoms with van der Waals surface area (Å²) < 4.78 is 56.8. The molecule has 0 saturated heterocycles. The van der Waals surface area contributed by atoms with Crippen molar-refractivity contribution in [3.05, 3.63) is 63.9 Å². The monoisotopic (exact) mass is 376 g/mol. The van der Waals surface area contributed by atoms with E-state index in [0.29, 0.717) is 5.56 Å². The van der Waals surface area contributed by atoms with Gasteiger partial charge in [-0.1, -0.05) is 11.6 Å². The molecule has 5 nitrogen and oxygen atoms in total. The Balaban J connectivity index is 2.19. The van der Waals surface area contributed by atoms with E-state index in [2.05, 4.69) is 10.5 Å². The fourth-order valence-corrected chi connectivity index (χ4v) is 2.26. The fraction of sp³-hybridized carbons (Fsp3) is 0.133. The molecular formula is C15H13ClF4N4O. The van der Waals surface area contributed by atoms with Gasteiger partial charge in [-0.05, 0) is 42.0 Å². The van der Waals surface area contributed by atoms with Crippen LogP contribution in [0.1, 0.15) is 16.7 Å². The van der Waals surface area contributed by atoms with Gasteiger partial charge in [0, 0.05) is 5.56 Å². The average Bonchev–Trinajstić information content (AvgIpc) is 2.53. The number of nitrogens with two attached hydrogens (primary N) is 2. The fourth-order valence-electron chi connectivity index (χ4n) is 2.02. The van der Waals surface area contributed by atoms with Gasteiger partial charge < -0.3 is 16.0 Å². The minimum Gasteiger partial charge on any atom is -0.487 e. The van der Waals surface area contributed by atoms with Crippen LogP contribution < -0.4 is 21.8 Å². The van der Waals surface area contributed by atoms with Crippen LogP contribution in [0.15, 0.2) is 41.5 Å². The van der Waals surface area contributed by atoms with Crippen LogP contribution >= 0.6 is 11.6 Å². The Kier molecular flexibility index (Phi) is 5.70. The van der Waals surface area contributed by atoms with E-state index in [-0.39, 0.29) is 28.8 Å². The second-order valence-corrected chi connectivity index (χ2v) is 5.31. The minimum absolute atomic E-state index is 0.0325. The second-order valence-electron chi connectivity index (χ2n) is 4.90. The van der Waals surface area contributed by atoms with Gasteiger partial charge in [0.1, 0.15) is 18.2 Å². The lowest BCUT2D eigenvalue weighted by Gasteiger charge is -2.12. The van der Waals surface area contributed by atoms with Gasteiger partial charge in [0.2, 0.25) is 0 Å². The molecule has 2 aromatic rings. The van der Waals surface area contributed by atoms with E-state index in [0.717, 1.165) is 24.3 Å². The van der Waals surface area contributed by atoms with E-state index in [4.69, 9.17) is 28.0 Å². The average molecular weight is 377 g/mol. The van der Waals surface area contributed by atoms with Gasteiger partial charge in [-0.3, -0.25) is 0 Å². The molecule has 0 saturated carbocycles. The third-order valence-corrected chi connectivity index (χ3v) is 3.45. The Hall–Kier alpha value is -2.52. The van der Waals surface area contributed by atoms with Crippen molar-refractivity contribution >= 4 is 17.4 Å². The summed E-state index contributed by atoms with van der Waals surface area (Å²) in [7, 11) is 0. The molecular weight excluding hydrogens is 364 g/mol. The highest BCUT2D eigenvalue weighted by Gasteiger charge is 2.31. The maximum absolute atomic E-state index is 13.7. The quantitative estimate of drug-likeness (QED) is 0.251. The van der Waals surface area contributed by atoms with Gasteiger partial charge in [0.05, 0.1) is 10.6 Å². The first-order valence-corrected chi connectivity index (χ1v) is 7.16. The van der Waals surface area contributed by atoms with E-state index >= 15 is 0 Å². The minimum atomic E-state index is -4.51. The summed E-state index contributed by atoms with van der Waals surface area (Å²) in [4.78, 5) is 0. The van der Waals surface area contributed by atoms with Gasteiger partial charge in [0.15, 0.2) is 5.84 Å². The molecule has 0 bridgehead atoms. The van der Waals surface area contributed by atoms with E-state index in [9.17, 15) is 17.6 Å². The third-order valence-electron chi connectivity index (χ3n) is 3.15. The number of rotatable bonds is 4. The van der Waals surface area contributed by atoms with Crippen molar-refractivity contribution < 1.29 is 22.3 Å². The number of hydrazone groups is 1. The number of hydrazine groups is 1. The van der Waals surface area contributed by atoms with Crippen LogP contribution in [-0.4, -0.2) is 5.84 Å². The highest BCUT2D eigenvalue weighted by Crippen LogP contribution is 2.34. The zero-order valence-electron chi connectivity index (χ0n) is 12.6. The summed E-state index contributed by atoms with van der Waals surface area (Å²) in [6.45, 7) is -0.141. The molecule has 0 aliphatic carbocycles. The number of nitrogens with zero attached hydrogens (tertiary/aromatic N) is 1. The Bertz CT molecular complexity index is 796. The lowest BCUT2D eigenvalue weighted by molar-refractivity contribution is -0.137. The number of hydrogen-bond donors (Lipinski definition) is 3. The normalized spacial score (nSPS) is 12.2. The number of halogens is 5. The van der Waals surface area contributed by atoms with Gasteiger partial charge in [-0.25, -0.2) is 10.2 Å². The molecule has 25 heavy (non-hydrogen) atoms. The molecule has 134 valence electrons. The molecule has 0 amide bonds. The summed E-state index contributed by atoms with van der Waals surface area (Å²) >= 11 is 5.80. The van der Waals surface area contributed by atoms with Gasteiger partial charge in [-0.2, -0.15) is 18.3 Å². The van der Waals surface area contributed by atoms with E-state index < -0.39 is 17.6 Å². The molecule has 2 aromatic carbocycles. The summed E-state index contributed by atoms with van der Waals surface area (Å²) in [5.41, 5.74) is 1.98.